The van der Waals surface area contributed by atoms with Crippen LogP contribution in [0.4, 0.5) is 0 Å². The summed E-state index contributed by atoms with van der Waals surface area (Å²) in [5.41, 5.74) is 2.02. The van der Waals surface area contributed by atoms with E-state index in [1.807, 2.05) is 30.3 Å². The topological polar surface area (TPSA) is 47.8 Å². The maximum atomic E-state index is 12.6. The van der Waals surface area contributed by atoms with Crippen molar-refractivity contribution < 1.29 is 0 Å². The summed E-state index contributed by atoms with van der Waals surface area (Å²) in [7, 11) is 0. The Morgan fingerprint density at radius 2 is 2.10 bits per heavy atom. The van der Waals surface area contributed by atoms with Gasteiger partial charge in [0.05, 0.1) is 0 Å². The Bertz CT molecular complexity index is 822. The lowest BCUT2D eigenvalue weighted by Crippen LogP contribution is -2.22. The third kappa shape index (κ3) is 2.01. The van der Waals surface area contributed by atoms with Gasteiger partial charge in [0.1, 0.15) is 5.65 Å². The lowest BCUT2D eigenvalue weighted by molar-refractivity contribution is 0.807. The van der Waals surface area contributed by atoms with E-state index in [1.165, 1.54) is 0 Å². The number of hydrogen-bond acceptors (Lipinski definition) is 3. The van der Waals surface area contributed by atoms with Gasteiger partial charge in [-0.1, -0.05) is 12.1 Å². The molecule has 0 unspecified atom stereocenters. The van der Waals surface area contributed by atoms with Crippen LogP contribution in [0.2, 0.25) is 0 Å². The third-order valence-electron chi connectivity index (χ3n) is 3.13. The van der Waals surface area contributed by atoms with E-state index in [0.29, 0.717) is 17.8 Å². The second-order valence-corrected chi connectivity index (χ2v) is 4.42. The lowest BCUT2D eigenvalue weighted by Gasteiger charge is -2.10. The van der Waals surface area contributed by atoms with Crippen LogP contribution in [-0.4, -0.2) is 14.5 Å². The molecule has 0 aliphatic heterocycles. The van der Waals surface area contributed by atoms with E-state index in [9.17, 15) is 4.79 Å². The van der Waals surface area contributed by atoms with Gasteiger partial charge in [-0.15, -0.1) is 6.58 Å². The van der Waals surface area contributed by atoms with Gasteiger partial charge in [0.25, 0.3) is 5.56 Å². The SMILES string of the molecule is C=CCn1c(=O)c(-c2cccnc2)cc2cccnc21. The molecule has 0 radical (unpaired) electrons. The standard InChI is InChI=1S/C16H13N3O/c1-2-9-19-15-12(5-4-8-18-15)10-14(16(19)20)13-6-3-7-17-11-13/h2-8,10-11H,1,9H2. The summed E-state index contributed by atoms with van der Waals surface area (Å²) in [5, 5.41) is 0.924. The van der Waals surface area contributed by atoms with E-state index in [1.54, 1.807) is 29.2 Å². The Morgan fingerprint density at radius 3 is 2.85 bits per heavy atom. The minimum Gasteiger partial charge on any atom is -0.288 e. The average molecular weight is 263 g/mol. The Labute approximate surface area is 116 Å². The van der Waals surface area contributed by atoms with Gasteiger partial charge < -0.3 is 0 Å². The second-order valence-electron chi connectivity index (χ2n) is 4.42. The van der Waals surface area contributed by atoms with Crippen LogP contribution in [0.25, 0.3) is 22.2 Å². The molecular formula is C16H13N3O. The molecule has 0 saturated carbocycles. The number of aromatic nitrogens is 3. The molecular weight excluding hydrogens is 250 g/mol. The van der Waals surface area contributed by atoms with Crippen LogP contribution in [0.1, 0.15) is 0 Å². The molecule has 0 amide bonds. The van der Waals surface area contributed by atoms with E-state index in [0.717, 1.165) is 10.9 Å². The number of pyridine rings is 3. The Balaban J connectivity index is 2.37. The van der Waals surface area contributed by atoms with Crippen LogP contribution >= 0.6 is 0 Å². The van der Waals surface area contributed by atoms with Crippen molar-refractivity contribution in [1.82, 2.24) is 14.5 Å². The number of fused-ring (bicyclic) bond motifs is 1. The predicted molar refractivity (Wildman–Crippen MR) is 79.4 cm³/mol. The summed E-state index contributed by atoms with van der Waals surface area (Å²) < 4.78 is 1.63. The highest BCUT2D eigenvalue weighted by atomic mass is 16.1. The van der Waals surface area contributed by atoms with Crippen molar-refractivity contribution in [3.63, 3.8) is 0 Å². The van der Waals surface area contributed by atoms with Crippen LogP contribution in [0.15, 0.2) is 66.4 Å². The Kier molecular flexibility index (Phi) is 3.13. The first-order valence-corrected chi connectivity index (χ1v) is 6.31. The van der Waals surface area contributed by atoms with Crippen LogP contribution in [0.5, 0.6) is 0 Å². The largest absolute Gasteiger partial charge is 0.288 e. The maximum Gasteiger partial charge on any atom is 0.260 e. The highest BCUT2D eigenvalue weighted by Crippen LogP contribution is 2.19. The summed E-state index contributed by atoms with van der Waals surface area (Å²) in [6.45, 7) is 4.14. The molecule has 3 aromatic rings. The van der Waals surface area contributed by atoms with E-state index >= 15 is 0 Å². The van der Waals surface area contributed by atoms with Gasteiger partial charge in [0, 0.05) is 41.6 Å². The monoisotopic (exact) mass is 263 g/mol. The molecule has 0 spiro atoms. The molecule has 98 valence electrons. The fourth-order valence-electron chi connectivity index (χ4n) is 2.23. The van der Waals surface area contributed by atoms with E-state index in [-0.39, 0.29) is 5.56 Å². The Hall–Kier alpha value is -2.75. The molecule has 3 heterocycles. The molecule has 0 bridgehead atoms. The fourth-order valence-corrected chi connectivity index (χ4v) is 2.23. The van der Waals surface area contributed by atoms with E-state index in [4.69, 9.17) is 0 Å². The van der Waals surface area contributed by atoms with Crippen molar-refractivity contribution >= 4 is 11.0 Å². The van der Waals surface area contributed by atoms with Gasteiger partial charge in [-0.2, -0.15) is 0 Å². The first kappa shape index (κ1) is 12.3. The number of allylic oxidation sites excluding steroid dienone is 1. The highest BCUT2D eigenvalue weighted by molar-refractivity contribution is 5.81. The number of hydrogen-bond donors (Lipinski definition) is 0. The lowest BCUT2D eigenvalue weighted by atomic mass is 10.1. The molecule has 4 heteroatoms. The third-order valence-corrected chi connectivity index (χ3v) is 3.13. The first-order chi connectivity index (χ1) is 9.81. The van der Waals surface area contributed by atoms with Crippen LogP contribution < -0.4 is 5.56 Å². The van der Waals surface area contributed by atoms with Gasteiger partial charge in [-0.3, -0.25) is 14.3 Å². The zero-order valence-corrected chi connectivity index (χ0v) is 10.9. The molecule has 3 rings (SSSR count). The van der Waals surface area contributed by atoms with Crippen molar-refractivity contribution in [3.05, 3.63) is 71.9 Å². The summed E-state index contributed by atoms with van der Waals surface area (Å²) in [6.07, 6.45) is 6.76. The van der Waals surface area contributed by atoms with Gasteiger partial charge in [0.2, 0.25) is 0 Å². The predicted octanol–water partition coefficient (Wildman–Crippen LogP) is 2.64. The van der Waals surface area contributed by atoms with E-state index in [2.05, 4.69) is 16.5 Å². The molecule has 0 atom stereocenters. The molecule has 0 N–H and O–H groups in total. The van der Waals surface area contributed by atoms with E-state index < -0.39 is 0 Å². The highest BCUT2D eigenvalue weighted by Gasteiger charge is 2.10. The Morgan fingerprint density at radius 1 is 1.25 bits per heavy atom. The number of rotatable bonds is 3. The van der Waals surface area contributed by atoms with Crippen LogP contribution in [0, 0.1) is 0 Å². The molecule has 0 aliphatic carbocycles. The summed E-state index contributed by atoms with van der Waals surface area (Å²) in [6, 6.07) is 9.37. The summed E-state index contributed by atoms with van der Waals surface area (Å²) in [4.78, 5) is 21.0. The maximum absolute atomic E-state index is 12.6. The van der Waals surface area contributed by atoms with Gasteiger partial charge >= 0.3 is 0 Å². The van der Waals surface area contributed by atoms with Crippen molar-refractivity contribution in [2.75, 3.05) is 0 Å². The number of nitrogens with zero attached hydrogens (tertiary/aromatic N) is 3. The molecule has 0 fully saturated rings. The minimum atomic E-state index is -0.0795. The first-order valence-electron chi connectivity index (χ1n) is 6.31. The zero-order valence-electron chi connectivity index (χ0n) is 10.9. The second kappa shape index (κ2) is 5.09. The quantitative estimate of drug-likeness (QED) is 0.682. The molecule has 0 aliphatic rings. The normalized spacial score (nSPS) is 10.6. The van der Waals surface area contributed by atoms with Crippen molar-refractivity contribution in [2.24, 2.45) is 0 Å². The average Bonchev–Trinajstić information content (AvgIpc) is 2.51. The molecule has 4 nitrogen and oxygen atoms in total. The van der Waals surface area contributed by atoms with Crippen molar-refractivity contribution in [1.29, 1.82) is 0 Å². The smallest absolute Gasteiger partial charge is 0.260 e. The molecule has 0 saturated heterocycles. The van der Waals surface area contributed by atoms with Crippen molar-refractivity contribution in [3.8, 4) is 11.1 Å². The molecule has 20 heavy (non-hydrogen) atoms. The summed E-state index contributed by atoms with van der Waals surface area (Å²) in [5.74, 6) is 0. The van der Waals surface area contributed by atoms with Crippen molar-refractivity contribution in [2.45, 2.75) is 6.54 Å². The molecule has 3 aromatic heterocycles. The van der Waals surface area contributed by atoms with Gasteiger partial charge in [-0.25, -0.2) is 4.98 Å². The van der Waals surface area contributed by atoms with Gasteiger partial charge in [0.15, 0.2) is 0 Å². The fraction of sp³-hybridized carbons (Fsp3) is 0.0625. The molecule has 0 aromatic carbocycles. The minimum absolute atomic E-state index is 0.0795. The van der Waals surface area contributed by atoms with Gasteiger partial charge in [-0.05, 0) is 24.3 Å². The summed E-state index contributed by atoms with van der Waals surface area (Å²) >= 11 is 0. The zero-order chi connectivity index (χ0) is 13.9. The van der Waals surface area contributed by atoms with Crippen LogP contribution in [-0.2, 0) is 6.54 Å². The van der Waals surface area contributed by atoms with Crippen LogP contribution in [0.3, 0.4) is 0 Å².